The Bertz CT molecular complexity index is 809. The number of hydrogen-bond donors (Lipinski definition) is 1. The molecule has 1 aliphatic heterocycles. The fourth-order valence-electron chi connectivity index (χ4n) is 3.02. The number of benzene rings is 2. The second-order valence-corrected chi connectivity index (χ2v) is 7.75. The van der Waals surface area contributed by atoms with Crippen molar-refractivity contribution in [3.8, 4) is 11.5 Å². The zero-order valence-corrected chi connectivity index (χ0v) is 18.4. The third kappa shape index (κ3) is 6.23. The maximum Gasteiger partial charge on any atom is 0.268 e. The topological polar surface area (TPSA) is 59.0 Å². The van der Waals surface area contributed by atoms with Crippen LogP contribution in [0.4, 0.5) is 5.69 Å². The molecular weight excluding hydrogens is 366 g/mol. The van der Waals surface area contributed by atoms with Crippen LogP contribution in [0.1, 0.15) is 45.2 Å². The van der Waals surface area contributed by atoms with Gasteiger partial charge in [0.1, 0.15) is 18.1 Å². The van der Waals surface area contributed by atoms with E-state index in [-0.39, 0.29) is 12.5 Å². The summed E-state index contributed by atoms with van der Waals surface area (Å²) in [6.07, 6.45) is 0.196. The average molecular weight is 400 g/mol. The van der Waals surface area contributed by atoms with Gasteiger partial charge in [0.2, 0.25) is 0 Å². The average Bonchev–Trinajstić information content (AvgIpc) is 3.04. The lowest BCUT2D eigenvalue weighted by Crippen LogP contribution is -2.32. The zero-order chi connectivity index (χ0) is 21.6. The van der Waals surface area contributed by atoms with Crippen molar-refractivity contribution >= 4 is 11.6 Å². The van der Waals surface area contributed by atoms with E-state index in [2.05, 4.69) is 0 Å². The number of rotatable bonds is 6. The molecule has 0 spiro atoms. The van der Waals surface area contributed by atoms with Crippen molar-refractivity contribution in [1.29, 1.82) is 0 Å². The van der Waals surface area contributed by atoms with Crippen LogP contribution in [0.15, 0.2) is 42.5 Å². The molecule has 0 saturated carbocycles. The number of hydrogen-bond acceptors (Lipinski definition) is 4. The molecule has 1 aliphatic rings. The molecule has 1 heterocycles. The fourth-order valence-corrected chi connectivity index (χ4v) is 3.02. The number of aliphatic hydroxyl groups is 1. The lowest BCUT2D eigenvalue weighted by Gasteiger charge is -2.21. The summed E-state index contributed by atoms with van der Waals surface area (Å²) in [5.74, 6) is 1.40. The summed E-state index contributed by atoms with van der Waals surface area (Å²) in [6, 6.07) is 13.4. The molecule has 1 saturated heterocycles. The number of carbonyl (C=O) groups excluding carboxylic acids is 1. The number of aryl methyl sites for hydroxylation is 2. The lowest BCUT2D eigenvalue weighted by atomic mass is 10.1. The van der Waals surface area contributed by atoms with Crippen LogP contribution in [0, 0.1) is 13.8 Å². The molecule has 29 heavy (non-hydrogen) atoms. The first-order valence-electron chi connectivity index (χ1n) is 10.2. The van der Waals surface area contributed by atoms with Crippen LogP contribution in [-0.2, 0) is 4.79 Å². The zero-order valence-electron chi connectivity index (χ0n) is 18.4. The van der Waals surface area contributed by atoms with Crippen molar-refractivity contribution in [3.63, 3.8) is 0 Å². The first kappa shape index (κ1) is 22.8. The third-order valence-corrected chi connectivity index (χ3v) is 4.51. The van der Waals surface area contributed by atoms with Crippen molar-refractivity contribution in [2.24, 2.45) is 0 Å². The molecule has 0 bridgehead atoms. The molecule has 2 aromatic carbocycles. The van der Waals surface area contributed by atoms with Crippen molar-refractivity contribution in [1.82, 2.24) is 0 Å². The van der Waals surface area contributed by atoms with Gasteiger partial charge in [-0.05, 0) is 63.6 Å². The summed E-state index contributed by atoms with van der Waals surface area (Å²) in [5, 5.41) is 9.81. The van der Waals surface area contributed by atoms with Crippen LogP contribution in [0.3, 0.4) is 0 Å². The van der Waals surface area contributed by atoms with Gasteiger partial charge < -0.3 is 19.5 Å². The normalized spacial score (nSPS) is 16.3. The highest BCUT2D eigenvalue weighted by molar-refractivity contribution is 5.99. The molecule has 1 amide bonds. The quantitative estimate of drug-likeness (QED) is 0.767. The van der Waals surface area contributed by atoms with Gasteiger partial charge in [-0.15, -0.1) is 0 Å². The lowest BCUT2D eigenvalue weighted by molar-refractivity contribution is -0.122. The predicted octanol–water partition coefficient (Wildman–Crippen LogP) is 4.66. The largest absolute Gasteiger partial charge is 0.490 e. The molecular formula is C24H33NO4. The summed E-state index contributed by atoms with van der Waals surface area (Å²) in [4.78, 5) is 14.5. The molecule has 1 N–H and O–H groups in total. The molecule has 158 valence electrons. The van der Waals surface area contributed by atoms with E-state index in [0.29, 0.717) is 24.5 Å². The first-order chi connectivity index (χ1) is 13.7. The summed E-state index contributed by atoms with van der Waals surface area (Å²) >= 11 is 0. The van der Waals surface area contributed by atoms with E-state index in [0.717, 1.165) is 16.8 Å². The molecule has 5 heteroatoms. The summed E-state index contributed by atoms with van der Waals surface area (Å²) in [7, 11) is 0. The highest BCUT2D eigenvalue weighted by Crippen LogP contribution is 2.29. The van der Waals surface area contributed by atoms with Crippen molar-refractivity contribution in [2.75, 3.05) is 18.1 Å². The molecule has 0 aromatic heterocycles. The summed E-state index contributed by atoms with van der Waals surface area (Å²) in [6.45, 7) is 12.2. The Hall–Kier alpha value is -2.53. The Morgan fingerprint density at radius 3 is 2.34 bits per heavy atom. The third-order valence-electron chi connectivity index (χ3n) is 4.51. The van der Waals surface area contributed by atoms with E-state index in [1.165, 1.54) is 0 Å². The van der Waals surface area contributed by atoms with E-state index in [4.69, 9.17) is 9.47 Å². The van der Waals surface area contributed by atoms with Crippen molar-refractivity contribution in [2.45, 2.75) is 59.7 Å². The fraction of sp³-hybridized carbons (Fsp3) is 0.458. The highest BCUT2D eigenvalue weighted by Gasteiger charge is 2.34. The van der Waals surface area contributed by atoms with Crippen LogP contribution < -0.4 is 14.4 Å². The van der Waals surface area contributed by atoms with E-state index in [1.54, 1.807) is 18.7 Å². The van der Waals surface area contributed by atoms with Crippen molar-refractivity contribution in [3.05, 3.63) is 53.6 Å². The van der Waals surface area contributed by atoms with Crippen LogP contribution in [0.25, 0.3) is 0 Å². The SMILES string of the molecule is CC.Cc1ccc(OC2CCN(c3ccc(OCC(C)(C)O)c(C)c3)C2=O)cc1. The number of carbonyl (C=O) groups is 1. The molecule has 3 rings (SSSR count). The van der Waals surface area contributed by atoms with Gasteiger partial charge in [-0.25, -0.2) is 0 Å². The molecule has 0 radical (unpaired) electrons. The second-order valence-electron chi connectivity index (χ2n) is 7.75. The molecule has 1 fully saturated rings. The van der Waals surface area contributed by atoms with Crippen LogP contribution in [0.5, 0.6) is 11.5 Å². The van der Waals surface area contributed by atoms with Gasteiger partial charge in [0.05, 0.1) is 5.60 Å². The minimum absolute atomic E-state index is 0.0277. The maximum absolute atomic E-state index is 12.8. The van der Waals surface area contributed by atoms with Gasteiger partial charge >= 0.3 is 0 Å². The standard InChI is InChI=1S/C22H27NO4.C2H6/c1-15-5-8-18(9-6-15)27-20-11-12-23(21(20)24)17-7-10-19(16(2)13-17)26-14-22(3,4)25;1-2/h5-10,13,20,25H,11-12,14H2,1-4H3;1-2H3. The summed E-state index contributed by atoms with van der Waals surface area (Å²) in [5.41, 5.74) is 2.02. The van der Waals surface area contributed by atoms with Gasteiger partial charge in [0.25, 0.3) is 5.91 Å². The van der Waals surface area contributed by atoms with Crippen LogP contribution >= 0.6 is 0 Å². The highest BCUT2D eigenvalue weighted by atomic mass is 16.5. The second kappa shape index (κ2) is 9.79. The molecule has 2 aromatic rings. The van der Waals surface area contributed by atoms with Gasteiger partial charge in [0.15, 0.2) is 6.10 Å². The van der Waals surface area contributed by atoms with E-state index in [1.807, 2.05) is 70.2 Å². The number of anilines is 1. The van der Waals surface area contributed by atoms with Crippen LogP contribution in [0.2, 0.25) is 0 Å². The Morgan fingerprint density at radius 1 is 1.10 bits per heavy atom. The smallest absolute Gasteiger partial charge is 0.268 e. The molecule has 1 unspecified atom stereocenters. The van der Waals surface area contributed by atoms with Gasteiger partial charge in [-0.1, -0.05) is 31.5 Å². The minimum atomic E-state index is -0.892. The molecule has 5 nitrogen and oxygen atoms in total. The maximum atomic E-state index is 12.8. The van der Waals surface area contributed by atoms with Gasteiger partial charge in [-0.2, -0.15) is 0 Å². The number of nitrogens with zero attached hydrogens (tertiary/aromatic N) is 1. The van der Waals surface area contributed by atoms with E-state index in [9.17, 15) is 9.90 Å². The van der Waals surface area contributed by atoms with E-state index >= 15 is 0 Å². The predicted molar refractivity (Wildman–Crippen MR) is 117 cm³/mol. The monoisotopic (exact) mass is 399 g/mol. The Balaban J connectivity index is 0.00000145. The van der Waals surface area contributed by atoms with Crippen LogP contribution in [-0.4, -0.2) is 35.9 Å². The first-order valence-corrected chi connectivity index (χ1v) is 10.2. The number of ether oxygens (including phenoxy) is 2. The van der Waals surface area contributed by atoms with Crippen molar-refractivity contribution < 1.29 is 19.4 Å². The van der Waals surface area contributed by atoms with Gasteiger partial charge in [0, 0.05) is 18.7 Å². The molecule has 0 aliphatic carbocycles. The minimum Gasteiger partial charge on any atom is -0.490 e. The number of amides is 1. The van der Waals surface area contributed by atoms with E-state index < -0.39 is 11.7 Å². The Kier molecular flexibility index (Phi) is 7.68. The van der Waals surface area contributed by atoms with Gasteiger partial charge in [-0.3, -0.25) is 4.79 Å². The Morgan fingerprint density at radius 2 is 1.76 bits per heavy atom. The molecule has 1 atom stereocenters. The summed E-state index contributed by atoms with van der Waals surface area (Å²) < 4.78 is 11.6. The Labute approximate surface area is 174 Å².